The van der Waals surface area contributed by atoms with Gasteiger partial charge in [-0.25, -0.2) is 14.1 Å². The summed E-state index contributed by atoms with van der Waals surface area (Å²) >= 11 is 6.51. The minimum absolute atomic E-state index is 0.0203. The molecule has 2 unspecified atom stereocenters. The molecule has 8 heteroatoms. The maximum absolute atomic E-state index is 14.3. The molecule has 1 aliphatic heterocycles. The molecule has 1 amide bonds. The lowest BCUT2D eigenvalue weighted by Gasteiger charge is -2.42. The second-order valence-corrected chi connectivity index (χ2v) is 9.72. The second-order valence-electron chi connectivity index (χ2n) is 9.31. The van der Waals surface area contributed by atoms with Gasteiger partial charge in [0.1, 0.15) is 17.8 Å². The van der Waals surface area contributed by atoms with Gasteiger partial charge in [-0.2, -0.15) is 0 Å². The van der Waals surface area contributed by atoms with Crippen LogP contribution in [0.15, 0.2) is 67.0 Å². The number of pyridine rings is 1. The van der Waals surface area contributed by atoms with Crippen molar-refractivity contribution < 1.29 is 23.9 Å². The van der Waals surface area contributed by atoms with E-state index >= 15 is 0 Å². The summed E-state index contributed by atoms with van der Waals surface area (Å²) in [5.74, 6) is 0.240. The molecule has 0 spiro atoms. The number of benzene rings is 2. The summed E-state index contributed by atoms with van der Waals surface area (Å²) in [7, 11) is 2.01. The number of carbonyl (C=O) groups excluding carboxylic acids is 1. The van der Waals surface area contributed by atoms with Crippen molar-refractivity contribution >= 4 is 29.4 Å². The van der Waals surface area contributed by atoms with Crippen molar-refractivity contribution in [1.29, 1.82) is 0 Å². The molecule has 1 aromatic heterocycles. The number of aryl methyl sites for hydroxylation is 1. The van der Waals surface area contributed by atoms with E-state index in [2.05, 4.69) is 9.88 Å². The summed E-state index contributed by atoms with van der Waals surface area (Å²) < 4.78 is 5.12. The van der Waals surface area contributed by atoms with Gasteiger partial charge in [0.15, 0.2) is 0 Å². The van der Waals surface area contributed by atoms with Crippen LogP contribution in [-0.2, 0) is 6.42 Å². The molecule has 1 N–H and O–H groups in total. The molecular formula is C27H27ClN3O4+. The summed E-state index contributed by atoms with van der Waals surface area (Å²) in [5.41, 5.74) is 3.68. The minimum Gasteiger partial charge on any atom is -0.449 e. The largest absolute Gasteiger partial charge is 0.511 e. The number of likely N-dealkylation sites (N-methyl/N-ethyl adjacent to an activating group) is 1. The van der Waals surface area contributed by atoms with E-state index in [-0.39, 0.29) is 28.2 Å². The lowest BCUT2D eigenvalue weighted by atomic mass is 9.98. The van der Waals surface area contributed by atoms with Crippen molar-refractivity contribution in [2.45, 2.75) is 31.3 Å². The number of hydrogen-bond donors (Lipinski definition) is 1. The lowest BCUT2D eigenvalue weighted by Crippen LogP contribution is -2.59. The van der Waals surface area contributed by atoms with Crippen molar-refractivity contribution in [3.8, 4) is 5.75 Å². The number of amides is 1. The van der Waals surface area contributed by atoms with Gasteiger partial charge in [0.25, 0.3) is 0 Å². The average molecular weight is 493 g/mol. The van der Waals surface area contributed by atoms with E-state index in [4.69, 9.17) is 21.4 Å². The fourth-order valence-corrected chi connectivity index (χ4v) is 5.92. The molecule has 2 heterocycles. The zero-order valence-electron chi connectivity index (χ0n) is 19.4. The molecule has 5 rings (SSSR count). The van der Waals surface area contributed by atoms with Crippen LogP contribution in [0, 0.1) is 0 Å². The van der Waals surface area contributed by atoms with Gasteiger partial charge in [0.2, 0.25) is 0 Å². The quantitative estimate of drug-likeness (QED) is 0.294. The van der Waals surface area contributed by atoms with Crippen LogP contribution in [0.4, 0.5) is 10.5 Å². The highest BCUT2D eigenvalue weighted by atomic mass is 35.5. The number of hydrogen-bond acceptors (Lipinski definition) is 5. The summed E-state index contributed by atoms with van der Waals surface area (Å²) in [6, 6.07) is 16.4. The van der Waals surface area contributed by atoms with Crippen LogP contribution in [-0.4, -0.2) is 52.8 Å². The summed E-state index contributed by atoms with van der Waals surface area (Å²) in [5, 5.41) is 9.55. The number of carboxylic acid groups (broad SMARTS) is 1. The van der Waals surface area contributed by atoms with Crippen molar-refractivity contribution in [3.63, 3.8) is 0 Å². The summed E-state index contributed by atoms with van der Waals surface area (Å²) in [6.07, 6.45) is 4.65. The van der Waals surface area contributed by atoms with E-state index in [9.17, 15) is 9.59 Å². The third-order valence-electron chi connectivity index (χ3n) is 7.51. The van der Waals surface area contributed by atoms with Gasteiger partial charge in [-0.05, 0) is 48.4 Å². The molecule has 1 aliphatic carbocycles. The van der Waals surface area contributed by atoms with E-state index in [1.165, 1.54) is 0 Å². The predicted octanol–water partition coefficient (Wildman–Crippen LogP) is 5.35. The standard InChI is InChI=1S/C27H26ClN3O4/c1-31(26(32)22-4-2-3-5-24(22)28,20-12-15-30(17-20)19-10-13-29-14-11-19)25-9-7-18-6-8-21(16-23(18)25)35-27(33)34/h2-6,8,10-11,13-14,16,20,25H,7,9,12,15,17H2,1H3/p+1/t20?,25-,31?/m1/s1. The van der Waals surface area contributed by atoms with Crippen LogP contribution < -0.4 is 9.64 Å². The molecule has 3 atom stereocenters. The first kappa shape index (κ1) is 23.3. The topological polar surface area (TPSA) is 79.7 Å². The van der Waals surface area contributed by atoms with Crippen molar-refractivity contribution in [1.82, 2.24) is 4.98 Å². The molecule has 2 aromatic carbocycles. The SMILES string of the molecule is C[N+](C(=O)c1ccccc1Cl)(C1CCN(c2ccncc2)C1)[C@@H]1CCc2ccc(OC(=O)O)cc21. The Morgan fingerprint density at radius 3 is 2.63 bits per heavy atom. The Bertz CT molecular complexity index is 1270. The molecule has 2 aliphatic rings. The highest BCUT2D eigenvalue weighted by molar-refractivity contribution is 6.33. The van der Waals surface area contributed by atoms with Crippen molar-refractivity contribution in [2.24, 2.45) is 0 Å². The zero-order chi connectivity index (χ0) is 24.6. The minimum atomic E-state index is -1.35. The number of aromatic nitrogens is 1. The molecule has 0 saturated carbocycles. The number of fused-ring (bicyclic) bond motifs is 1. The van der Waals surface area contributed by atoms with Gasteiger partial charge in [-0.3, -0.25) is 4.98 Å². The normalized spacial score (nSPS) is 20.8. The van der Waals surface area contributed by atoms with Crippen LogP contribution in [0.3, 0.4) is 0 Å². The Labute approximate surface area is 209 Å². The second kappa shape index (κ2) is 9.32. The van der Waals surface area contributed by atoms with Crippen LogP contribution in [0.25, 0.3) is 0 Å². The fourth-order valence-electron chi connectivity index (χ4n) is 5.71. The van der Waals surface area contributed by atoms with Crippen LogP contribution in [0.1, 0.15) is 40.4 Å². The highest BCUT2D eigenvalue weighted by Gasteiger charge is 2.52. The monoisotopic (exact) mass is 492 g/mol. The first-order valence-electron chi connectivity index (χ1n) is 11.7. The maximum atomic E-state index is 14.3. The van der Waals surface area contributed by atoms with Gasteiger partial charge >= 0.3 is 12.1 Å². The molecule has 180 valence electrons. The lowest BCUT2D eigenvalue weighted by molar-refractivity contribution is -0.883. The zero-order valence-corrected chi connectivity index (χ0v) is 20.2. The molecule has 3 aromatic rings. The van der Waals surface area contributed by atoms with Gasteiger partial charge in [-0.15, -0.1) is 0 Å². The smallest absolute Gasteiger partial charge is 0.449 e. The number of nitrogens with zero attached hydrogens (tertiary/aromatic N) is 3. The van der Waals surface area contributed by atoms with Crippen LogP contribution >= 0.6 is 11.6 Å². The van der Waals surface area contributed by atoms with Crippen molar-refractivity contribution in [3.05, 3.63) is 88.7 Å². The predicted molar refractivity (Wildman–Crippen MR) is 133 cm³/mol. The molecule has 0 bridgehead atoms. The number of carbonyl (C=O) groups is 2. The molecule has 7 nitrogen and oxygen atoms in total. The first-order chi connectivity index (χ1) is 16.9. The number of quaternary nitrogens is 1. The van der Waals surface area contributed by atoms with E-state index in [1.54, 1.807) is 36.7 Å². The first-order valence-corrected chi connectivity index (χ1v) is 12.1. The summed E-state index contributed by atoms with van der Waals surface area (Å²) in [4.78, 5) is 31.9. The van der Waals surface area contributed by atoms with E-state index in [0.717, 1.165) is 42.6 Å². The van der Waals surface area contributed by atoms with Gasteiger partial charge in [0.05, 0.1) is 24.2 Å². The molecule has 1 fully saturated rings. The van der Waals surface area contributed by atoms with Crippen LogP contribution in [0.5, 0.6) is 5.75 Å². The van der Waals surface area contributed by atoms with E-state index in [1.807, 2.05) is 37.4 Å². The number of rotatable bonds is 5. The molecule has 1 saturated heterocycles. The Hall–Kier alpha value is -3.42. The number of ether oxygens (including phenoxy) is 1. The molecule has 0 radical (unpaired) electrons. The maximum Gasteiger partial charge on any atom is 0.511 e. The molecule has 35 heavy (non-hydrogen) atoms. The average Bonchev–Trinajstić information content (AvgIpc) is 3.52. The van der Waals surface area contributed by atoms with Crippen LogP contribution in [0.2, 0.25) is 5.02 Å². The Morgan fingerprint density at radius 1 is 1.11 bits per heavy atom. The number of halogens is 1. The van der Waals surface area contributed by atoms with Gasteiger partial charge in [0, 0.05) is 43.0 Å². The Balaban J connectivity index is 1.56. The van der Waals surface area contributed by atoms with Gasteiger partial charge < -0.3 is 14.7 Å². The summed E-state index contributed by atoms with van der Waals surface area (Å²) in [6.45, 7) is 1.55. The fraction of sp³-hybridized carbons (Fsp3) is 0.296. The Morgan fingerprint density at radius 2 is 1.89 bits per heavy atom. The third-order valence-corrected chi connectivity index (χ3v) is 7.84. The highest BCUT2D eigenvalue weighted by Crippen LogP contribution is 2.45. The third kappa shape index (κ3) is 4.26. The van der Waals surface area contributed by atoms with Gasteiger partial charge in [-0.1, -0.05) is 29.8 Å². The molecular weight excluding hydrogens is 466 g/mol. The Kier molecular flexibility index (Phi) is 6.21. The van der Waals surface area contributed by atoms with Crippen molar-refractivity contribution in [2.75, 3.05) is 25.0 Å². The van der Waals surface area contributed by atoms with E-state index in [0.29, 0.717) is 17.1 Å². The number of anilines is 1. The van der Waals surface area contributed by atoms with E-state index < -0.39 is 6.16 Å².